The Morgan fingerprint density at radius 2 is 2.06 bits per heavy atom. The molecule has 96 valence electrons. The van der Waals surface area contributed by atoms with Crippen LogP contribution in [0.5, 0.6) is 5.88 Å². The number of methoxy groups -OCH3 is 1. The predicted molar refractivity (Wildman–Crippen MR) is 71.3 cm³/mol. The molecule has 1 N–H and O–H groups in total. The van der Waals surface area contributed by atoms with E-state index in [-0.39, 0.29) is 0 Å². The van der Waals surface area contributed by atoms with Gasteiger partial charge in [0.05, 0.1) is 7.11 Å². The van der Waals surface area contributed by atoms with Crippen molar-refractivity contribution in [3.63, 3.8) is 0 Å². The molecule has 0 aliphatic heterocycles. The molecule has 0 radical (unpaired) electrons. The predicted octanol–water partition coefficient (Wildman–Crippen LogP) is 3.15. The number of nitrogens with one attached hydrogen (secondary N) is 1. The number of hydrogen-bond acceptors (Lipinski definition) is 3. The van der Waals surface area contributed by atoms with E-state index in [0.29, 0.717) is 5.88 Å². The van der Waals surface area contributed by atoms with Crippen LogP contribution in [0, 0.1) is 0 Å². The molecule has 3 nitrogen and oxygen atoms in total. The molecule has 0 unspecified atom stereocenters. The van der Waals surface area contributed by atoms with E-state index in [2.05, 4.69) is 17.2 Å². The fourth-order valence-corrected chi connectivity index (χ4v) is 1.76. The van der Waals surface area contributed by atoms with Gasteiger partial charge in [-0.05, 0) is 24.6 Å². The molecule has 0 aromatic carbocycles. The van der Waals surface area contributed by atoms with Gasteiger partial charge in [0.15, 0.2) is 0 Å². The van der Waals surface area contributed by atoms with Crippen LogP contribution < -0.4 is 10.1 Å². The lowest BCUT2D eigenvalue weighted by atomic mass is 10.1. The van der Waals surface area contributed by atoms with E-state index in [9.17, 15) is 0 Å². The number of hydrogen-bond donors (Lipinski definition) is 1. The summed E-state index contributed by atoms with van der Waals surface area (Å²) in [5.41, 5.74) is 1.23. The third kappa shape index (κ3) is 6.27. The second-order valence-corrected chi connectivity index (χ2v) is 4.30. The summed E-state index contributed by atoms with van der Waals surface area (Å²) in [7, 11) is 1.65. The first-order valence-electron chi connectivity index (χ1n) is 6.56. The molecule has 0 atom stereocenters. The van der Waals surface area contributed by atoms with Crippen molar-refractivity contribution >= 4 is 0 Å². The Labute approximate surface area is 105 Å². The summed E-state index contributed by atoms with van der Waals surface area (Å²) in [6.07, 6.45) is 8.42. The van der Waals surface area contributed by atoms with E-state index < -0.39 is 0 Å². The standard InChI is InChI=1S/C14H24N2O/c1-3-4-5-6-7-9-15-12-13-8-10-16-14(11-13)17-2/h8,10-11,15H,3-7,9,12H2,1-2H3. The van der Waals surface area contributed by atoms with E-state index in [1.807, 2.05) is 12.1 Å². The van der Waals surface area contributed by atoms with Gasteiger partial charge in [-0.15, -0.1) is 0 Å². The van der Waals surface area contributed by atoms with Crippen LogP contribution in [-0.4, -0.2) is 18.6 Å². The van der Waals surface area contributed by atoms with Gasteiger partial charge in [-0.2, -0.15) is 0 Å². The first kappa shape index (κ1) is 14.0. The number of nitrogens with zero attached hydrogens (tertiary/aromatic N) is 1. The van der Waals surface area contributed by atoms with E-state index >= 15 is 0 Å². The first-order valence-corrected chi connectivity index (χ1v) is 6.56. The van der Waals surface area contributed by atoms with Gasteiger partial charge in [-0.1, -0.05) is 32.6 Å². The van der Waals surface area contributed by atoms with Gasteiger partial charge in [-0.3, -0.25) is 0 Å². The van der Waals surface area contributed by atoms with Crippen LogP contribution in [0.4, 0.5) is 0 Å². The van der Waals surface area contributed by atoms with Crippen molar-refractivity contribution in [3.05, 3.63) is 23.9 Å². The van der Waals surface area contributed by atoms with Gasteiger partial charge >= 0.3 is 0 Å². The molecule has 0 amide bonds. The van der Waals surface area contributed by atoms with E-state index in [4.69, 9.17) is 4.74 Å². The van der Waals surface area contributed by atoms with Crippen molar-refractivity contribution in [3.8, 4) is 5.88 Å². The molecule has 0 saturated heterocycles. The van der Waals surface area contributed by atoms with Crippen LogP contribution in [0.25, 0.3) is 0 Å². The molecule has 0 aliphatic carbocycles. The Hall–Kier alpha value is -1.09. The van der Waals surface area contributed by atoms with Crippen molar-refractivity contribution in [2.45, 2.75) is 45.6 Å². The molecule has 17 heavy (non-hydrogen) atoms. The zero-order chi connectivity index (χ0) is 12.3. The highest BCUT2D eigenvalue weighted by Gasteiger charge is 1.96. The van der Waals surface area contributed by atoms with Gasteiger partial charge in [-0.25, -0.2) is 4.98 Å². The van der Waals surface area contributed by atoms with Crippen molar-refractivity contribution < 1.29 is 4.74 Å². The fraction of sp³-hybridized carbons (Fsp3) is 0.643. The van der Waals surface area contributed by atoms with Crippen LogP contribution in [-0.2, 0) is 6.54 Å². The molecule has 1 rings (SSSR count). The van der Waals surface area contributed by atoms with E-state index in [1.54, 1.807) is 13.3 Å². The lowest BCUT2D eigenvalue weighted by Crippen LogP contribution is -2.14. The summed E-state index contributed by atoms with van der Waals surface area (Å²) in [6, 6.07) is 4.00. The summed E-state index contributed by atoms with van der Waals surface area (Å²) in [6.45, 7) is 4.23. The number of aromatic nitrogens is 1. The Morgan fingerprint density at radius 1 is 1.24 bits per heavy atom. The molecule has 0 saturated carbocycles. The number of ether oxygens (including phenoxy) is 1. The minimum Gasteiger partial charge on any atom is -0.481 e. The maximum atomic E-state index is 5.09. The molecule has 1 aromatic rings. The third-order valence-corrected chi connectivity index (χ3v) is 2.79. The van der Waals surface area contributed by atoms with Crippen molar-refractivity contribution in [2.24, 2.45) is 0 Å². The number of unbranched alkanes of at least 4 members (excludes halogenated alkanes) is 4. The van der Waals surface area contributed by atoms with Gasteiger partial charge < -0.3 is 10.1 Å². The van der Waals surface area contributed by atoms with Gasteiger partial charge in [0.25, 0.3) is 0 Å². The Morgan fingerprint density at radius 3 is 2.82 bits per heavy atom. The normalized spacial score (nSPS) is 10.5. The van der Waals surface area contributed by atoms with Gasteiger partial charge in [0.2, 0.25) is 5.88 Å². The molecular formula is C14H24N2O. The van der Waals surface area contributed by atoms with Crippen LogP contribution >= 0.6 is 0 Å². The average molecular weight is 236 g/mol. The largest absolute Gasteiger partial charge is 0.481 e. The summed E-state index contributed by atoms with van der Waals surface area (Å²) < 4.78 is 5.09. The van der Waals surface area contributed by atoms with Crippen LogP contribution in [0.2, 0.25) is 0 Å². The molecule has 0 fully saturated rings. The molecule has 0 aliphatic rings. The zero-order valence-corrected chi connectivity index (χ0v) is 11.0. The van der Waals surface area contributed by atoms with E-state index in [1.165, 1.54) is 37.7 Å². The summed E-state index contributed by atoms with van der Waals surface area (Å²) in [5, 5.41) is 3.45. The van der Waals surface area contributed by atoms with Crippen molar-refractivity contribution in [2.75, 3.05) is 13.7 Å². The quantitative estimate of drug-likeness (QED) is 0.669. The van der Waals surface area contributed by atoms with Crippen LogP contribution in [0.1, 0.15) is 44.6 Å². The second-order valence-electron chi connectivity index (χ2n) is 4.30. The summed E-state index contributed by atoms with van der Waals surface area (Å²) >= 11 is 0. The Kier molecular flexibility index (Phi) is 7.39. The highest BCUT2D eigenvalue weighted by Crippen LogP contribution is 2.08. The number of pyridine rings is 1. The molecule has 0 spiro atoms. The van der Waals surface area contributed by atoms with E-state index in [0.717, 1.165) is 13.1 Å². The minimum absolute atomic E-state index is 0.687. The summed E-state index contributed by atoms with van der Waals surface area (Å²) in [5.74, 6) is 0.687. The van der Waals surface area contributed by atoms with Gasteiger partial charge in [0.1, 0.15) is 0 Å². The monoisotopic (exact) mass is 236 g/mol. The second kappa shape index (κ2) is 8.99. The summed E-state index contributed by atoms with van der Waals surface area (Å²) in [4.78, 5) is 4.09. The SMILES string of the molecule is CCCCCCCNCc1ccnc(OC)c1. The minimum atomic E-state index is 0.687. The smallest absolute Gasteiger partial charge is 0.213 e. The van der Waals surface area contributed by atoms with Gasteiger partial charge in [0, 0.05) is 18.8 Å². The molecule has 0 bridgehead atoms. The Bertz CT molecular complexity index is 302. The molecule has 1 heterocycles. The highest BCUT2D eigenvalue weighted by molar-refractivity contribution is 5.20. The highest BCUT2D eigenvalue weighted by atomic mass is 16.5. The number of rotatable bonds is 9. The first-order chi connectivity index (χ1) is 8.36. The third-order valence-electron chi connectivity index (χ3n) is 2.79. The maximum Gasteiger partial charge on any atom is 0.213 e. The van der Waals surface area contributed by atoms with Crippen molar-refractivity contribution in [1.29, 1.82) is 0 Å². The Balaban J connectivity index is 2.09. The van der Waals surface area contributed by atoms with Crippen molar-refractivity contribution in [1.82, 2.24) is 10.3 Å². The average Bonchev–Trinajstić information content (AvgIpc) is 2.38. The van der Waals surface area contributed by atoms with Crippen LogP contribution in [0.3, 0.4) is 0 Å². The molecular weight excluding hydrogens is 212 g/mol. The zero-order valence-electron chi connectivity index (χ0n) is 11.0. The molecule has 1 aromatic heterocycles. The fourth-order valence-electron chi connectivity index (χ4n) is 1.76. The maximum absolute atomic E-state index is 5.09. The molecule has 3 heteroatoms. The lowest BCUT2D eigenvalue weighted by molar-refractivity contribution is 0.397. The van der Waals surface area contributed by atoms with Crippen LogP contribution in [0.15, 0.2) is 18.3 Å². The topological polar surface area (TPSA) is 34.2 Å². The lowest BCUT2D eigenvalue weighted by Gasteiger charge is -2.06.